The van der Waals surface area contributed by atoms with Crippen molar-refractivity contribution in [1.82, 2.24) is 10.3 Å². The highest BCUT2D eigenvalue weighted by Crippen LogP contribution is 2.25. The number of rotatable bonds is 6. The van der Waals surface area contributed by atoms with E-state index in [1.54, 1.807) is 6.20 Å². The first-order valence-corrected chi connectivity index (χ1v) is 9.10. The summed E-state index contributed by atoms with van der Waals surface area (Å²) in [7, 11) is 0. The summed E-state index contributed by atoms with van der Waals surface area (Å²) in [6.45, 7) is 1.90. The fourth-order valence-electron chi connectivity index (χ4n) is 2.56. The fourth-order valence-corrected chi connectivity index (χ4v) is 3.38. The maximum Gasteiger partial charge on any atom is 0.234 e. The number of thioether (sulfide) groups is 1. The molecule has 25 heavy (non-hydrogen) atoms. The van der Waals surface area contributed by atoms with Crippen LogP contribution >= 0.6 is 11.8 Å². The Hall–Kier alpha value is -2.59. The number of carbonyl (C=O) groups excluding carboxylic acids is 1. The number of hydrogen-bond acceptors (Lipinski definition) is 3. The number of amides is 1. The van der Waals surface area contributed by atoms with Gasteiger partial charge in [-0.1, -0.05) is 78.5 Å². The molecule has 0 saturated carbocycles. The van der Waals surface area contributed by atoms with Crippen molar-refractivity contribution < 1.29 is 4.79 Å². The zero-order chi connectivity index (χ0) is 17.5. The molecule has 4 heteroatoms. The van der Waals surface area contributed by atoms with Crippen LogP contribution in [0.15, 0.2) is 90.1 Å². The van der Waals surface area contributed by atoms with Crippen LogP contribution in [0.1, 0.15) is 24.1 Å². The Morgan fingerprint density at radius 1 is 0.880 bits per heavy atom. The predicted molar refractivity (Wildman–Crippen MR) is 102 cm³/mol. The third-order valence-corrected chi connectivity index (χ3v) is 4.91. The molecule has 0 unspecified atom stereocenters. The Labute approximate surface area is 152 Å². The summed E-state index contributed by atoms with van der Waals surface area (Å²) in [5.74, 6) is -0.00615. The number of carbonyl (C=O) groups is 1. The molecule has 1 atom stereocenters. The van der Waals surface area contributed by atoms with Gasteiger partial charge in [0.15, 0.2) is 0 Å². The maximum absolute atomic E-state index is 12.7. The smallest absolute Gasteiger partial charge is 0.234 e. The van der Waals surface area contributed by atoms with E-state index in [-0.39, 0.29) is 17.2 Å². The van der Waals surface area contributed by atoms with Crippen LogP contribution in [0, 0.1) is 0 Å². The fraction of sp³-hybridized carbons (Fsp3) is 0.143. The third-order valence-electron chi connectivity index (χ3n) is 3.86. The van der Waals surface area contributed by atoms with Crippen LogP contribution in [-0.2, 0) is 4.79 Å². The number of hydrogen-bond donors (Lipinski definition) is 1. The first kappa shape index (κ1) is 17.2. The Bertz CT molecular complexity index is 754. The Morgan fingerprint density at radius 2 is 1.44 bits per heavy atom. The highest BCUT2D eigenvalue weighted by molar-refractivity contribution is 8.00. The van der Waals surface area contributed by atoms with Gasteiger partial charge < -0.3 is 5.32 Å². The van der Waals surface area contributed by atoms with Gasteiger partial charge >= 0.3 is 0 Å². The summed E-state index contributed by atoms with van der Waals surface area (Å²) >= 11 is 1.46. The van der Waals surface area contributed by atoms with Crippen LogP contribution in [0.3, 0.4) is 0 Å². The lowest BCUT2D eigenvalue weighted by molar-refractivity contribution is -0.120. The standard InChI is InChI=1S/C21H20N2OS/c1-16(25-19-14-8-9-15-22-19)21(24)23-20(17-10-4-2-5-11-17)18-12-6-3-7-13-18/h2-16,20H,1H3,(H,23,24)/t16-/m0/s1. The SMILES string of the molecule is C[C@H](Sc1ccccn1)C(=O)NC(c1ccccc1)c1ccccc1. The lowest BCUT2D eigenvalue weighted by Crippen LogP contribution is -2.34. The van der Waals surface area contributed by atoms with Crippen molar-refractivity contribution in [3.8, 4) is 0 Å². The van der Waals surface area contributed by atoms with E-state index in [9.17, 15) is 4.79 Å². The van der Waals surface area contributed by atoms with E-state index in [2.05, 4.69) is 10.3 Å². The highest BCUT2D eigenvalue weighted by Gasteiger charge is 2.21. The molecule has 0 aliphatic carbocycles. The number of nitrogens with one attached hydrogen (secondary N) is 1. The number of benzene rings is 2. The van der Waals surface area contributed by atoms with Crippen molar-refractivity contribution in [3.63, 3.8) is 0 Å². The minimum absolute atomic E-state index is 0.00615. The van der Waals surface area contributed by atoms with Crippen molar-refractivity contribution in [3.05, 3.63) is 96.2 Å². The van der Waals surface area contributed by atoms with Gasteiger partial charge in [0.1, 0.15) is 0 Å². The average molecular weight is 348 g/mol. The molecule has 1 N–H and O–H groups in total. The van der Waals surface area contributed by atoms with E-state index in [0.29, 0.717) is 0 Å². The predicted octanol–water partition coefficient (Wildman–Crippen LogP) is 4.47. The molecule has 0 aliphatic heterocycles. The second-order valence-electron chi connectivity index (χ2n) is 5.69. The molecule has 2 aromatic carbocycles. The summed E-state index contributed by atoms with van der Waals surface area (Å²) in [5.41, 5.74) is 2.13. The zero-order valence-electron chi connectivity index (χ0n) is 14.0. The van der Waals surface area contributed by atoms with Gasteiger partial charge in [0.05, 0.1) is 16.3 Å². The van der Waals surface area contributed by atoms with Crippen LogP contribution in [0.25, 0.3) is 0 Å². The van der Waals surface area contributed by atoms with Crippen molar-refractivity contribution in [1.29, 1.82) is 0 Å². The molecule has 0 spiro atoms. The minimum Gasteiger partial charge on any atom is -0.344 e. The van der Waals surface area contributed by atoms with Gasteiger partial charge in [0.25, 0.3) is 0 Å². The Morgan fingerprint density at radius 3 is 1.96 bits per heavy atom. The van der Waals surface area contributed by atoms with Crippen LogP contribution in [0.5, 0.6) is 0 Å². The largest absolute Gasteiger partial charge is 0.344 e. The lowest BCUT2D eigenvalue weighted by atomic mass is 9.98. The average Bonchev–Trinajstić information content (AvgIpc) is 2.68. The van der Waals surface area contributed by atoms with Gasteiger partial charge in [-0.2, -0.15) is 0 Å². The molecule has 0 bridgehead atoms. The van der Waals surface area contributed by atoms with Gasteiger partial charge in [-0.05, 0) is 30.2 Å². The molecule has 1 aromatic heterocycles. The second kappa shape index (κ2) is 8.49. The first-order chi connectivity index (χ1) is 12.2. The van der Waals surface area contributed by atoms with Gasteiger partial charge in [-0.3, -0.25) is 4.79 Å². The van der Waals surface area contributed by atoms with Crippen LogP contribution in [0.2, 0.25) is 0 Å². The van der Waals surface area contributed by atoms with Gasteiger partial charge in [-0.25, -0.2) is 4.98 Å². The van der Waals surface area contributed by atoms with Crippen molar-refractivity contribution in [2.45, 2.75) is 23.2 Å². The molecule has 0 fully saturated rings. The molecule has 1 amide bonds. The van der Waals surface area contributed by atoms with E-state index in [1.807, 2.05) is 85.8 Å². The molecular weight excluding hydrogens is 328 g/mol. The lowest BCUT2D eigenvalue weighted by Gasteiger charge is -2.22. The summed E-state index contributed by atoms with van der Waals surface area (Å²) in [6, 6.07) is 25.6. The van der Waals surface area contributed by atoms with E-state index in [0.717, 1.165) is 16.2 Å². The van der Waals surface area contributed by atoms with Gasteiger partial charge in [0.2, 0.25) is 5.91 Å². The summed E-state index contributed by atoms with van der Waals surface area (Å²) < 4.78 is 0. The molecule has 0 aliphatic rings. The molecule has 1 heterocycles. The Kier molecular flexibility index (Phi) is 5.86. The zero-order valence-corrected chi connectivity index (χ0v) is 14.8. The van der Waals surface area contributed by atoms with E-state index in [1.165, 1.54) is 11.8 Å². The number of nitrogens with zero attached hydrogens (tertiary/aromatic N) is 1. The van der Waals surface area contributed by atoms with Crippen molar-refractivity contribution in [2.24, 2.45) is 0 Å². The van der Waals surface area contributed by atoms with E-state index in [4.69, 9.17) is 0 Å². The monoisotopic (exact) mass is 348 g/mol. The Balaban J connectivity index is 1.77. The van der Waals surface area contributed by atoms with E-state index < -0.39 is 0 Å². The summed E-state index contributed by atoms with van der Waals surface area (Å²) in [5, 5.41) is 3.80. The molecule has 3 nitrogen and oxygen atoms in total. The van der Waals surface area contributed by atoms with Gasteiger partial charge in [-0.15, -0.1) is 0 Å². The minimum atomic E-state index is -0.232. The molecule has 3 aromatic rings. The van der Waals surface area contributed by atoms with Crippen LogP contribution in [-0.4, -0.2) is 16.1 Å². The first-order valence-electron chi connectivity index (χ1n) is 8.22. The number of pyridine rings is 1. The van der Waals surface area contributed by atoms with E-state index >= 15 is 0 Å². The summed E-state index contributed by atoms with van der Waals surface area (Å²) in [6.07, 6.45) is 1.74. The summed E-state index contributed by atoms with van der Waals surface area (Å²) in [4.78, 5) is 17.0. The quantitative estimate of drug-likeness (QED) is 0.668. The van der Waals surface area contributed by atoms with Crippen LogP contribution < -0.4 is 5.32 Å². The molecule has 126 valence electrons. The van der Waals surface area contributed by atoms with Gasteiger partial charge in [0, 0.05) is 6.20 Å². The van der Waals surface area contributed by atoms with Crippen molar-refractivity contribution >= 4 is 17.7 Å². The third kappa shape index (κ3) is 4.70. The molecular formula is C21H20N2OS. The topological polar surface area (TPSA) is 42.0 Å². The molecule has 0 radical (unpaired) electrons. The number of aromatic nitrogens is 1. The maximum atomic E-state index is 12.7. The van der Waals surface area contributed by atoms with Crippen molar-refractivity contribution in [2.75, 3.05) is 0 Å². The van der Waals surface area contributed by atoms with Crippen LogP contribution in [0.4, 0.5) is 0 Å². The molecule has 3 rings (SSSR count). The normalized spacial score (nSPS) is 11.9. The molecule has 0 saturated heterocycles. The second-order valence-corrected chi connectivity index (χ2v) is 7.05. The highest BCUT2D eigenvalue weighted by atomic mass is 32.2.